The summed E-state index contributed by atoms with van der Waals surface area (Å²) in [6.07, 6.45) is 65.5. The van der Waals surface area contributed by atoms with Crippen LogP contribution in [0.15, 0.2) is 0 Å². The molecule has 0 aliphatic heterocycles. The van der Waals surface area contributed by atoms with Gasteiger partial charge < -0.3 is 33.8 Å². The van der Waals surface area contributed by atoms with E-state index in [0.29, 0.717) is 31.6 Å². The normalized spacial score (nSPS) is 14.1. The minimum Gasteiger partial charge on any atom is -0.462 e. The van der Waals surface area contributed by atoms with Crippen LogP contribution in [-0.2, 0) is 65.4 Å². The molecule has 0 aromatic carbocycles. The minimum atomic E-state index is -4.96. The first-order valence-electron chi connectivity index (χ1n) is 43.0. The molecule has 102 heavy (non-hydrogen) atoms. The van der Waals surface area contributed by atoms with Crippen molar-refractivity contribution >= 4 is 39.5 Å². The monoisotopic (exact) mass is 1490 g/mol. The smallest absolute Gasteiger partial charge is 0.462 e. The molecule has 0 radical (unpaired) electrons. The molecule has 0 bridgehead atoms. The minimum absolute atomic E-state index is 0.104. The Balaban J connectivity index is 5.17. The van der Waals surface area contributed by atoms with Gasteiger partial charge in [0.25, 0.3) is 0 Å². The molecule has 0 fully saturated rings. The lowest BCUT2D eigenvalue weighted by Gasteiger charge is -2.21. The molecular formula is C83H162O17P2. The highest BCUT2D eigenvalue weighted by Crippen LogP contribution is 2.45. The molecule has 0 aromatic heterocycles. The lowest BCUT2D eigenvalue weighted by molar-refractivity contribution is -0.161. The first-order valence-corrected chi connectivity index (χ1v) is 46.0. The largest absolute Gasteiger partial charge is 0.472 e. The highest BCUT2D eigenvalue weighted by atomic mass is 31.2. The molecule has 0 amide bonds. The summed E-state index contributed by atoms with van der Waals surface area (Å²) < 4.78 is 68.7. The molecule has 17 nitrogen and oxygen atoms in total. The third kappa shape index (κ3) is 74.9. The van der Waals surface area contributed by atoms with Gasteiger partial charge in [0.15, 0.2) is 12.2 Å². The summed E-state index contributed by atoms with van der Waals surface area (Å²) in [4.78, 5) is 73.0. The second kappa shape index (κ2) is 74.5. The summed E-state index contributed by atoms with van der Waals surface area (Å²) in [5.74, 6) is -0.544. The van der Waals surface area contributed by atoms with Gasteiger partial charge in [0, 0.05) is 25.7 Å². The maximum atomic E-state index is 13.1. The zero-order valence-electron chi connectivity index (χ0n) is 66.9. The molecule has 6 atom stereocenters. The van der Waals surface area contributed by atoms with Crippen molar-refractivity contribution in [2.24, 2.45) is 11.8 Å². The van der Waals surface area contributed by atoms with Gasteiger partial charge in [0.05, 0.1) is 26.4 Å². The Morgan fingerprint density at radius 3 is 0.745 bits per heavy atom. The van der Waals surface area contributed by atoms with Crippen LogP contribution < -0.4 is 0 Å². The Hall–Kier alpha value is -1.94. The van der Waals surface area contributed by atoms with Gasteiger partial charge in [-0.15, -0.1) is 0 Å². The fourth-order valence-electron chi connectivity index (χ4n) is 12.9. The quantitative estimate of drug-likeness (QED) is 0.0222. The number of unbranched alkanes of at least 4 members (excludes halogenated alkanes) is 51. The topological polar surface area (TPSA) is 237 Å². The maximum absolute atomic E-state index is 13.1. The van der Waals surface area contributed by atoms with Crippen molar-refractivity contribution in [1.29, 1.82) is 0 Å². The van der Waals surface area contributed by atoms with Crippen molar-refractivity contribution < 1.29 is 80.2 Å². The molecule has 606 valence electrons. The number of hydrogen-bond donors (Lipinski definition) is 3. The number of hydrogen-bond acceptors (Lipinski definition) is 15. The molecule has 0 heterocycles. The van der Waals surface area contributed by atoms with E-state index in [0.717, 1.165) is 95.8 Å². The molecule has 0 rings (SSSR count). The van der Waals surface area contributed by atoms with Crippen LogP contribution in [0.2, 0.25) is 0 Å². The van der Waals surface area contributed by atoms with E-state index in [4.69, 9.17) is 37.0 Å². The van der Waals surface area contributed by atoms with Gasteiger partial charge in [-0.05, 0) is 37.5 Å². The molecule has 0 aliphatic carbocycles. The van der Waals surface area contributed by atoms with E-state index in [9.17, 15) is 43.2 Å². The van der Waals surface area contributed by atoms with Gasteiger partial charge in [0.1, 0.15) is 19.3 Å². The van der Waals surface area contributed by atoms with Crippen molar-refractivity contribution in [2.45, 2.75) is 458 Å². The molecule has 3 N–H and O–H groups in total. The van der Waals surface area contributed by atoms with E-state index < -0.39 is 97.5 Å². The predicted octanol–water partition coefficient (Wildman–Crippen LogP) is 25.1. The molecule has 0 saturated heterocycles. The van der Waals surface area contributed by atoms with E-state index >= 15 is 0 Å². The first-order chi connectivity index (χ1) is 49.4. The molecule has 0 aromatic rings. The molecule has 19 heteroatoms. The molecule has 0 saturated carbocycles. The van der Waals surface area contributed by atoms with Crippen LogP contribution in [0.5, 0.6) is 0 Å². The summed E-state index contributed by atoms with van der Waals surface area (Å²) in [5.41, 5.74) is 0. The number of ether oxygens (including phenoxy) is 4. The lowest BCUT2D eigenvalue weighted by Crippen LogP contribution is -2.30. The number of esters is 4. The van der Waals surface area contributed by atoms with Gasteiger partial charge in [-0.3, -0.25) is 37.3 Å². The lowest BCUT2D eigenvalue weighted by atomic mass is 9.99. The maximum Gasteiger partial charge on any atom is 0.472 e. The highest BCUT2D eigenvalue weighted by molar-refractivity contribution is 7.47. The summed E-state index contributed by atoms with van der Waals surface area (Å²) in [7, 11) is -9.92. The fourth-order valence-corrected chi connectivity index (χ4v) is 14.4. The molecule has 0 spiro atoms. The summed E-state index contributed by atoms with van der Waals surface area (Å²) in [6.45, 7) is 9.63. The van der Waals surface area contributed by atoms with Crippen molar-refractivity contribution in [2.75, 3.05) is 39.6 Å². The Morgan fingerprint density at radius 1 is 0.284 bits per heavy atom. The number of rotatable bonds is 82. The standard InChI is InChI=1S/C83H162O17P2/c1-7-10-12-14-16-18-20-21-22-23-24-25-29-32-35-38-42-48-54-60-66-81(86)94-71-78(99-82(87)67-61-55-49-43-39-36-33-30-27-26-28-31-34-37-40-46-52-58-64-76(6)9-3)73-97-101(89,90)95-69-77(84)70-96-102(91,92)98-74-79(100-83(88)68-62-56-50-44-45-51-57-63-75(4)5)72-93-80(85)65-59-53-47-41-19-17-15-13-11-8-2/h75-79,84H,7-74H2,1-6H3,(H,89,90)(H,91,92)/t76?,77-,78-,79-/m1/s1. The van der Waals surface area contributed by atoms with Crippen molar-refractivity contribution in [1.82, 2.24) is 0 Å². The average Bonchev–Trinajstić information content (AvgIpc) is 0.917. The Labute approximate surface area is 626 Å². The highest BCUT2D eigenvalue weighted by Gasteiger charge is 2.30. The van der Waals surface area contributed by atoms with Crippen LogP contribution in [-0.4, -0.2) is 96.7 Å². The van der Waals surface area contributed by atoms with Gasteiger partial charge in [-0.25, -0.2) is 9.13 Å². The summed E-state index contributed by atoms with van der Waals surface area (Å²) in [6, 6.07) is 0. The van der Waals surface area contributed by atoms with Crippen LogP contribution in [0.4, 0.5) is 0 Å². The van der Waals surface area contributed by atoms with Crippen LogP contribution in [0.1, 0.15) is 440 Å². The second-order valence-corrected chi connectivity index (χ2v) is 33.5. The number of carbonyl (C=O) groups excluding carboxylic acids is 4. The van der Waals surface area contributed by atoms with Crippen LogP contribution in [0.3, 0.4) is 0 Å². The Bertz CT molecular complexity index is 1960. The van der Waals surface area contributed by atoms with Gasteiger partial charge in [-0.1, -0.05) is 388 Å². The van der Waals surface area contributed by atoms with Crippen LogP contribution in [0.25, 0.3) is 0 Å². The van der Waals surface area contributed by atoms with Crippen LogP contribution in [0, 0.1) is 11.8 Å². The number of aliphatic hydroxyl groups excluding tert-OH is 1. The molecule has 3 unspecified atom stereocenters. The first kappa shape index (κ1) is 100. The number of phosphoric acid groups is 2. The van der Waals surface area contributed by atoms with Crippen LogP contribution >= 0.6 is 15.6 Å². The molecular weight excluding hydrogens is 1330 g/mol. The third-order valence-corrected chi connectivity index (χ3v) is 21.7. The van der Waals surface area contributed by atoms with E-state index in [1.807, 2.05) is 0 Å². The fraction of sp³-hybridized carbons (Fsp3) is 0.952. The van der Waals surface area contributed by atoms with Gasteiger partial charge >= 0.3 is 39.5 Å². The SMILES string of the molecule is CCCCCCCCCCCCCCCCCCCCCCC(=O)OC[C@H](COP(=O)(O)OC[C@@H](O)COP(=O)(O)OC[C@@H](COC(=O)CCCCCCCCCCCC)OC(=O)CCCCCCCCCC(C)C)OC(=O)CCCCCCCCCCCCCCCCCCCCC(C)CC. The van der Waals surface area contributed by atoms with Gasteiger partial charge in [0.2, 0.25) is 0 Å². The number of carbonyl (C=O) groups is 4. The number of phosphoric ester groups is 2. The zero-order valence-corrected chi connectivity index (χ0v) is 68.7. The third-order valence-electron chi connectivity index (χ3n) is 19.8. The average molecular weight is 1490 g/mol. The zero-order chi connectivity index (χ0) is 74.9. The number of aliphatic hydroxyl groups is 1. The predicted molar refractivity (Wildman–Crippen MR) is 418 cm³/mol. The van der Waals surface area contributed by atoms with E-state index in [2.05, 4.69) is 41.5 Å². The second-order valence-electron chi connectivity index (χ2n) is 30.6. The summed E-state index contributed by atoms with van der Waals surface area (Å²) in [5, 5.41) is 10.6. The van der Waals surface area contributed by atoms with Crippen molar-refractivity contribution in [3.63, 3.8) is 0 Å². The van der Waals surface area contributed by atoms with Gasteiger partial charge in [-0.2, -0.15) is 0 Å². The van der Waals surface area contributed by atoms with E-state index in [1.165, 1.54) is 257 Å². The summed E-state index contributed by atoms with van der Waals surface area (Å²) >= 11 is 0. The Morgan fingerprint density at radius 2 is 0.500 bits per heavy atom. The van der Waals surface area contributed by atoms with Crippen molar-refractivity contribution in [3.05, 3.63) is 0 Å². The molecule has 0 aliphatic rings. The van der Waals surface area contributed by atoms with E-state index in [1.54, 1.807) is 0 Å². The van der Waals surface area contributed by atoms with Crippen molar-refractivity contribution in [3.8, 4) is 0 Å². The Kier molecular flexibility index (Phi) is 73.1. The van der Waals surface area contributed by atoms with E-state index in [-0.39, 0.29) is 25.7 Å².